The highest BCUT2D eigenvalue weighted by atomic mass is 35.5. The lowest BCUT2D eigenvalue weighted by atomic mass is 10.1. The van der Waals surface area contributed by atoms with Crippen LogP contribution in [0.15, 0.2) is 17.0 Å². The maximum Gasteiger partial charge on any atom is 0.339 e. The number of esters is 1. The van der Waals surface area contributed by atoms with Crippen molar-refractivity contribution in [2.45, 2.75) is 11.3 Å². The first-order valence-electron chi connectivity index (χ1n) is 6.48. The van der Waals surface area contributed by atoms with Gasteiger partial charge in [-0.05, 0) is 18.6 Å². The smallest absolute Gasteiger partial charge is 0.339 e. The number of carboxylic acids is 1. The molecule has 1 aliphatic heterocycles. The lowest BCUT2D eigenvalue weighted by Crippen LogP contribution is -2.31. The van der Waals surface area contributed by atoms with Gasteiger partial charge in [0.05, 0.1) is 23.6 Å². The Bertz CT molecular complexity index is 764. The molecule has 1 aromatic rings. The van der Waals surface area contributed by atoms with Crippen LogP contribution in [0.25, 0.3) is 0 Å². The van der Waals surface area contributed by atoms with Gasteiger partial charge in [-0.3, -0.25) is 4.79 Å². The number of nitrogens with zero attached hydrogens (tertiary/aromatic N) is 1. The maximum atomic E-state index is 12.8. The lowest BCUT2D eigenvalue weighted by Gasteiger charge is -2.19. The first-order chi connectivity index (χ1) is 10.7. The molecule has 1 N–H and O–H groups in total. The predicted octanol–water partition coefficient (Wildman–Crippen LogP) is 1.88. The van der Waals surface area contributed by atoms with Crippen LogP contribution in [-0.4, -0.2) is 50.0 Å². The topological polar surface area (TPSA) is 101 Å². The summed E-state index contributed by atoms with van der Waals surface area (Å²) < 4.78 is 31.1. The Morgan fingerprint density at radius 2 is 2.00 bits per heavy atom. The van der Waals surface area contributed by atoms with E-state index in [1.54, 1.807) is 0 Å². The second kappa shape index (κ2) is 6.64. The molecule has 0 spiro atoms. The fourth-order valence-electron chi connectivity index (χ4n) is 2.36. The first kappa shape index (κ1) is 18.0. The molecule has 126 valence electrons. The molecule has 23 heavy (non-hydrogen) atoms. The van der Waals surface area contributed by atoms with Crippen molar-refractivity contribution < 1.29 is 27.9 Å². The number of carboxylic acid groups (broad SMARTS) is 1. The molecule has 1 heterocycles. The van der Waals surface area contributed by atoms with Gasteiger partial charge in [0.15, 0.2) is 0 Å². The number of ether oxygens (including phenoxy) is 1. The third kappa shape index (κ3) is 3.45. The summed E-state index contributed by atoms with van der Waals surface area (Å²) in [5, 5.41) is 8.86. The Balaban J connectivity index is 2.52. The van der Waals surface area contributed by atoms with Gasteiger partial charge in [0, 0.05) is 18.1 Å². The standard InChI is InChI=1S/C13H13Cl2NO6S/c1-22-13(19)9-4-8(14)5-10(15)11(9)23(20,21)16-3-2-7(6-16)12(17)18/h4-5,7H,2-3,6H2,1H3,(H,17,18). The molecule has 0 aromatic heterocycles. The third-order valence-electron chi connectivity index (χ3n) is 3.51. The number of methoxy groups -OCH3 is 1. The van der Waals surface area contributed by atoms with Crippen LogP contribution in [0.5, 0.6) is 0 Å². The zero-order chi connectivity index (χ0) is 17.4. The molecule has 1 unspecified atom stereocenters. The highest BCUT2D eigenvalue weighted by molar-refractivity contribution is 7.89. The van der Waals surface area contributed by atoms with E-state index in [-0.39, 0.29) is 35.1 Å². The van der Waals surface area contributed by atoms with E-state index >= 15 is 0 Å². The van der Waals surface area contributed by atoms with Crippen molar-refractivity contribution >= 4 is 45.2 Å². The zero-order valence-electron chi connectivity index (χ0n) is 12.0. The number of aliphatic carboxylic acids is 1. The van der Waals surface area contributed by atoms with E-state index in [1.165, 1.54) is 6.07 Å². The van der Waals surface area contributed by atoms with E-state index in [4.69, 9.17) is 28.3 Å². The Kier molecular flexibility index (Phi) is 5.20. The quantitative estimate of drug-likeness (QED) is 0.798. The molecule has 0 radical (unpaired) electrons. The highest BCUT2D eigenvalue weighted by Crippen LogP contribution is 2.34. The molecule has 1 aromatic carbocycles. The highest BCUT2D eigenvalue weighted by Gasteiger charge is 2.39. The van der Waals surface area contributed by atoms with E-state index in [2.05, 4.69) is 4.74 Å². The molecule has 0 saturated carbocycles. The summed E-state index contributed by atoms with van der Waals surface area (Å²) >= 11 is 11.8. The maximum absolute atomic E-state index is 12.8. The largest absolute Gasteiger partial charge is 0.481 e. The molecule has 0 amide bonds. The molecule has 1 aliphatic rings. The van der Waals surface area contributed by atoms with Gasteiger partial charge in [-0.1, -0.05) is 23.2 Å². The molecular weight excluding hydrogens is 369 g/mol. The van der Waals surface area contributed by atoms with Crippen LogP contribution < -0.4 is 0 Å². The summed E-state index contributed by atoms with van der Waals surface area (Å²) in [4.78, 5) is 22.4. The van der Waals surface area contributed by atoms with Crippen LogP contribution in [0.2, 0.25) is 10.0 Å². The van der Waals surface area contributed by atoms with Crippen molar-refractivity contribution in [3.63, 3.8) is 0 Å². The Labute approximate surface area is 142 Å². The van der Waals surface area contributed by atoms with Gasteiger partial charge < -0.3 is 9.84 Å². The molecule has 10 heteroatoms. The third-order valence-corrected chi connectivity index (χ3v) is 6.11. The number of carbonyl (C=O) groups is 2. The summed E-state index contributed by atoms with van der Waals surface area (Å²) in [5.74, 6) is -2.77. The van der Waals surface area contributed by atoms with E-state index in [0.717, 1.165) is 17.5 Å². The molecular formula is C13H13Cl2NO6S. The zero-order valence-corrected chi connectivity index (χ0v) is 14.3. The summed E-state index contributed by atoms with van der Waals surface area (Å²) in [5.41, 5.74) is -0.288. The number of rotatable bonds is 4. The van der Waals surface area contributed by atoms with Crippen LogP contribution in [0.3, 0.4) is 0 Å². The molecule has 1 fully saturated rings. The molecule has 2 rings (SSSR count). The van der Waals surface area contributed by atoms with Crippen molar-refractivity contribution in [2.24, 2.45) is 5.92 Å². The number of hydrogen-bond acceptors (Lipinski definition) is 5. The normalized spacial score (nSPS) is 18.8. The fraction of sp³-hybridized carbons (Fsp3) is 0.385. The predicted molar refractivity (Wildman–Crippen MR) is 82.3 cm³/mol. The van der Waals surface area contributed by atoms with E-state index in [0.29, 0.717) is 0 Å². The molecule has 1 atom stereocenters. The fourth-order valence-corrected chi connectivity index (χ4v) is 4.85. The van der Waals surface area contributed by atoms with Crippen molar-refractivity contribution in [3.05, 3.63) is 27.7 Å². The number of benzene rings is 1. The van der Waals surface area contributed by atoms with E-state index < -0.39 is 32.8 Å². The summed E-state index contributed by atoms with van der Waals surface area (Å²) in [6.07, 6.45) is 0.188. The van der Waals surface area contributed by atoms with Gasteiger partial charge >= 0.3 is 11.9 Å². The van der Waals surface area contributed by atoms with Crippen molar-refractivity contribution in [2.75, 3.05) is 20.2 Å². The van der Waals surface area contributed by atoms with Crippen LogP contribution >= 0.6 is 23.2 Å². The Morgan fingerprint density at radius 1 is 1.35 bits per heavy atom. The van der Waals surface area contributed by atoms with Gasteiger partial charge in [0.1, 0.15) is 4.90 Å². The second-order valence-corrected chi connectivity index (χ2v) is 7.66. The van der Waals surface area contributed by atoms with Crippen molar-refractivity contribution in [3.8, 4) is 0 Å². The minimum atomic E-state index is -4.16. The average Bonchev–Trinajstić information content (AvgIpc) is 2.95. The minimum Gasteiger partial charge on any atom is -0.481 e. The van der Waals surface area contributed by atoms with E-state index in [1.807, 2.05) is 0 Å². The number of hydrogen-bond donors (Lipinski definition) is 1. The SMILES string of the molecule is COC(=O)c1cc(Cl)cc(Cl)c1S(=O)(=O)N1CCC(C(=O)O)C1. The Hall–Kier alpha value is -1.35. The number of sulfonamides is 1. The summed E-state index contributed by atoms with van der Waals surface area (Å²) in [7, 11) is -3.06. The van der Waals surface area contributed by atoms with Crippen molar-refractivity contribution in [1.29, 1.82) is 0 Å². The van der Waals surface area contributed by atoms with Crippen LogP contribution in [0, 0.1) is 5.92 Å². The molecule has 0 bridgehead atoms. The van der Waals surface area contributed by atoms with Gasteiger partial charge in [-0.25, -0.2) is 13.2 Å². The van der Waals surface area contributed by atoms with Crippen LogP contribution in [0.4, 0.5) is 0 Å². The van der Waals surface area contributed by atoms with Gasteiger partial charge in [0.2, 0.25) is 10.0 Å². The number of halogens is 2. The lowest BCUT2D eigenvalue weighted by molar-refractivity contribution is -0.141. The summed E-state index contributed by atoms with van der Waals surface area (Å²) in [6.45, 7) is -0.157. The van der Waals surface area contributed by atoms with Crippen LogP contribution in [-0.2, 0) is 19.6 Å². The minimum absolute atomic E-state index is 0.0267. The molecule has 0 aliphatic carbocycles. The van der Waals surface area contributed by atoms with Crippen LogP contribution in [0.1, 0.15) is 16.8 Å². The van der Waals surface area contributed by atoms with Gasteiger partial charge in [0.25, 0.3) is 0 Å². The van der Waals surface area contributed by atoms with E-state index in [9.17, 15) is 18.0 Å². The second-order valence-electron chi connectivity index (χ2n) is 4.94. The first-order valence-corrected chi connectivity index (χ1v) is 8.68. The Morgan fingerprint density at radius 3 is 2.52 bits per heavy atom. The van der Waals surface area contributed by atoms with Crippen molar-refractivity contribution in [1.82, 2.24) is 4.31 Å². The number of carbonyl (C=O) groups excluding carboxylic acids is 1. The molecule has 1 saturated heterocycles. The van der Waals surface area contributed by atoms with Gasteiger partial charge in [-0.15, -0.1) is 0 Å². The van der Waals surface area contributed by atoms with Gasteiger partial charge in [-0.2, -0.15) is 4.31 Å². The summed E-state index contributed by atoms with van der Waals surface area (Å²) in [6, 6.07) is 2.35. The monoisotopic (exact) mass is 381 g/mol. The average molecular weight is 382 g/mol. The molecule has 7 nitrogen and oxygen atoms in total.